The maximum absolute atomic E-state index is 13.7. The molecule has 0 amide bonds. The van der Waals surface area contributed by atoms with Crippen LogP contribution in [-0.2, 0) is 0 Å². The second-order valence-corrected chi connectivity index (χ2v) is 3.70. The van der Waals surface area contributed by atoms with Crippen molar-refractivity contribution in [2.75, 3.05) is 0 Å². The third-order valence-electron chi connectivity index (χ3n) is 2.50. The van der Waals surface area contributed by atoms with Gasteiger partial charge in [-0.25, -0.2) is 4.39 Å². The zero-order chi connectivity index (χ0) is 11.5. The van der Waals surface area contributed by atoms with Crippen molar-refractivity contribution in [2.24, 2.45) is 0 Å². The Labute approximate surface area is 94.7 Å². The van der Waals surface area contributed by atoms with Gasteiger partial charge in [-0.15, -0.1) is 6.42 Å². The molecular weight excluding hydrogens is 199 g/mol. The van der Waals surface area contributed by atoms with Crippen LogP contribution in [0.15, 0.2) is 42.5 Å². The van der Waals surface area contributed by atoms with E-state index in [0.29, 0.717) is 11.1 Å². The van der Waals surface area contributed by atoms with Gasteiger partial charge in [0.05, 0.1) is 0 Å². The second kappa shape index (κ2) is 4.20. The first-order valence-corrected chi connectivity index (χ1v) is 5.04. The van der Waals surface area contributed by atoms with E-state index in [9.17, 15) is 4.39 Å². The number of aryl methyl sites for hydroxylation is 1. The van der Waals surface area contributed by atoms with Gasteiger partial charge < -0.3 is 0 Å². The van der Waals surface area contributed by atoms with E-state index < -0.39 is 0 Å². The second-order valence-electron chi connectivity index (χ2n) is 3.70. The van der Waals surface area contributed by atoms with Crippen LogP contribution in [0.5, 0.6) is 0 Å². The van der Waals surface area contributed by atoms with Crippen LogP contribution in [-0.4, -0.2) is 0 Å². The van der Waals surface area contributed by atoms with Crippen LogP contribution >= 0.6 is 0 Å². The molecule has 0 spiro atoms. The molecule has 0 unspecified atom stereocenters. The van der Waals surface area contributed by atoms with Crippen molar-refractivity contribution in [1.29, 1.82) is 0 Å². The van der Waals surface area contributed by atoms with Crippen molar-refractivity contribution in [1.82, 2.24) is 0 Å². The summed E-state index contributed by atoms with van der Waals surface area (Å²) in [6, 6.07) is 12.6. The number of terminal acetylenes is 1. The van der Waals surface area contributed by atoms with E-state index in [2.05, 4.69) is 5.92 Å². The Morgan fingerprint density at radius 3 is 2.31 bits per heavy atom. The highest BCUT2D eigenvalue weighted by molar-refractivity contribution is 5.65. The fourth-order valence-electron chi connectivity index (χ4n) is 1.57. The monoisotopic (exact) mass is 210 g/mol. The molecule has 0 aliphatic heterocycles. The van der Waals surface area contributed by atoms with Crippen LogP contribution in [0.1, 0.15) is 11.1 Å². The molecular formula is C15H11F. The lowest BCUT2D eigenvalue weighted by molar-refractivity contribution is 0.631. The van der Waals surface area contributed by atoms with E-state index in [-0.39, 0.29) is 5.82 Å². The number of benzene rings is 2. The van der Waals surface area contributed by atoms with Crippen LogP contribution in [0.3, 0.4) is 0 Å². The highest BCUT2D eigenvalue weighted by atomic mass is 19.1. The molecule has 0 atom stereocenters. The van der Waals surface area contributed by atoms with Crippen molar-refractivity contribution >= 4 is 0 Å². The van der Waals surface area contributed by atoms with Gasteiger partial charge in [-0.1, -0.05) is 41.8 Å². The predicted molar refractivity (Wildman–Crippen MR) is 64.5 cm³/mol. The molecule has 0 bridgehead atoms. The fraction of sp³-hybridized carbons (Fsp3) is 0.0667. The van der Waals surface area contributed by atoms with Crippen molar-refractivity contribution in [3.8, 4) is 23.5 Å². The first-order chi connectivity index (χ1) is 7.70. The zero-order valence-electron chi connectivity index (χ0n) is 9.00. The van der Waals surface area contributed by atoms with Crippen LogP contribution in [0.25, 0.3) is 11.1 Å². The molecule has 1 heteroatoms. The summed E-state index contributed by atoms with van der Waals surface area (Å²) in [5.41, 5.74) is 3.17. The number of rotatable bonds is 1. The van der Waals surface area contributed by atoms with Gasteiger partial charge in [0.2, 0.25) is 0 Å². The van der Waals surface area contributed by atoms with Gasteiger partial charge in [0.25, 0.3) is 0 Å². The summed E-state index contributed by atoms with van der Waals surface area (Å²) >= 11 is 0. The average molecular weight is 210 g/mol. The molecule has 0 radical (unpaired) electrons. The molecule has 2 aromatic rings. The largest absolute Gasteiger partial charge is 0.206 e. The molecule has 16 heavy (non-hydrogen) atoms. The quantitative estimate of drug-likeness (QED) is 0.628. The van der Waals surface area contributed by atoms with E-state index in [4.69, 9.17) is 6.42 Å². The van der Waals surface area contributed by atoms with Crippen LogP contribution in [0, 0.1) is 25.1 Å². The minimum atomic E-state index is -0.278. The fourth-order valence-corrected chi connectivity index (χ4v) is 1.57. The van der Waals surface area contributed by atoms with Gasteiger partial charge in [-0.05, 0) is 24.6 Å². The third-order valence-corrected chi connectivity index (χ3v) is 2.50. The minimum absolute atomic E-state index is 0.278. The molecule has 2 aromatic carbocycles. The van der Waals surface area contributed by atoms with E-state index in [1.165, 1.54) is 6.07 Å². The van der Waals surface area contributed by atoms with Crippen molar-refractivity contribution in [3.63, 3.8) is 0 Å². The van der Waals surface area contributed by atoms with Gasteiger partial charge in [-0.3, -0.25) is 0 Å². The van der Waals surface area contributed by atoms with Gasteiger partial charge in [0, 0.05) is 11.1 Å². The summed E-state index contributed by atoms with van der Waals surface area (Å²) in [5.74, 6) is 2.14. The summed E-state index contributed by atoms with van der Waals surface area (Å²) in [6.45, 7) is 2.00. The first-order valence-electron chi connectivity index (χ1n) is 5.04. The van der Waals surface area contributed by atoms with E-state index in [1.54, 1.807) is 12.1 Å². The summed E-state index contributed by atoms with van der Waals surface area (Å²) in [6.07, 6.45) is 5.21. The molecule has 0 heterocycles. The van der Waals surface area contributed by atoms with Crippen molar-refractivity contribution in [2.45, 2.75) is 6.92 Å². The molecule has 0 aliphatic rings. The van der Waals surface area contributed by atoms with Crippen LogP contribution in [0.4, 0.5) is 4.39 Å². The number of hydrogen-bond acceptors (Lipinski definition) is 0. The van der Waals surface area contributed by atoms with Gasteiger partial charge in [-0.2, -0.15) is 0 Å². The lowest BCUT2D eigenvalue weighted by Crippen LogP contribution is -1.86. The zero-order valence-corrected chi connectivity index (χ0v) is 9.00. The Kier molecular flexibility index (Phi) is 2.74. The Morgan fingerprint density at radius 2 is 1.75 bits per heavy atom. The molecule has 0 fully saturated rings. The Balaban J connectivity index is 2.49. The lowest BCUT2D eigenvalue weighted by atomic mass is 10.0. The smallest absolute Gasteiger partial charge is 0.132 e. The van der Waals surface area contributed by atoms with Crippen molar-refractivity contribution < 1.29 is 4.39 Å². The Morgan fingerprint density at radius 1 is 1.06 bits per heavy atom. The van der Waals surface area contributed by atoms with Gasteiger partial charge in [0.1, 0.15) is 5.82 Å². The highest BCUT2D eigenvalue weighted by Crippen LogP contribution is 2.23. The van der Waals surface area contributed by atoms with Gasteiger partial charge >= 0.3 is 0 Å². The molecule has 0 saturated heterocycles. The third kappa shape index (κ3) is 1.97. The molecule has 0 N–H and O–H groups in total. The van der Waals surface area contributed by atoms with Gasteiger partial charge in [0.15, 0.2) is 0 Å². The molecule has 0 aliphatic carbocycles. The molecule has 78 valence electrons. The lowest BCUT2D eigenvalue weighted by Gasteiger charge is -2.04. The van der Waals surface area contributed by atoms with Crippen molar-refractivity contribution in [3.05, 3.63) is 59.4 Å². The summed E-state index contributed by atoms with van der Waals surface area (Å²) in [5, 5.41) is 0. The van der Waals surface area contributed by atoms with E-state index >= 15 is 0 Å². The topological polar surface area (TPSA) is 0 Å². The maximum atomic E-state index is 13.7. The van der Waals surface area contributed by atoms with Crippen LogP contribution < -0.4 is 0 Å². The molecule has 2 rings (SSSR count). The summed E-state index contributed by atoms with van der Waals surface area (Å²) in [7, 11) is 0. The first kappa shape index (κ1) is 10.4. The number of hydrogen-bond donors (Lipinski definition) is 0. The summed E-state index contributed by atoms with van der Waals surface area (Å²) in [4.78, 5) is 0. The van der Waals surface area contributed by atoms with Crippen LogP contribution in [0.2, 0.25) is 0 Å². The Hall–Kier alpha value is -2.07. The number of halogens is 1. The molecule has 0 nitrogen and oxygen atoms in total. The Bertz CT molecular complexity index is 545. The SMILES string of the molecule is C#Cc1ccc(-c2ccc(C)cc2)c(F)c1. The van der Waals surface area contributed by atoms with E-state index in [1.807, 2.05) is 31.2 Å². The highest BCUT2D eigenvalue weighted by Gasteiger charge is 2.04. The normalized spacial score (nSPS) is 9.81. The molecule has 0 aromatic heterocycles. The maximum Gasteiger partial charge on any atom is 0.132 e. The summed E-state index contributed by atoms with van der Waals surface area (Å²) < 4.78 is 13.7. The minimum Gasteiger partial charge on any atom is -0.206 e. The standard InChI is InChI=1S/C15H11F/c1-3-12-6-9-14(15(16)10-12)13-7-4-11(2)5-8-13/h1,4-10H,2H3. The molecule has 0 saturated carbocycles. The van der Waals surface area contributed by atoms with E-state index in [0.717, 1.165) is 11.1 Å². The average Bonchev–Trinajstić information content (AvgIpc) is 2.30. The predicted octanol–water partition coefficient (Wildman–Crippen LogP) is 3.78.